The van der Waals surface area contributed by atoms with Crippen molar-refractivity contribution in [2.45, 2.75) is 40.2 Å². The van der Waals surface area contributed by atoms with Crippen molar-refractivity contribution in [3.63, 3.8) is 0 Å². The molecule has 0 spiro atoms. The van der Waals surface area contributed by atoms with Gasteiger partial charge in [-0.15, -0.1) is 0 Å². The number of hydrogen-bond acceptors (Lipinski definition) is 3. The van der Waals surface area contributed by atoms with E-state index in [1.54, 1.807) is 5.01 Å². The molecule has 1 amide bonds. The van der Waals surface area contributed by atoms with Gasteiger partial charge in [-0.2, -0.15) is 0 Å². The van der Waals surface area contributed by atoms with Crippen molar-refractivity contribution in [3.8, 4) is 0 Å². The summed E-state index contributed by atoms with van der Waals surface area (Å²) in [5, 5.41) is 1.73. The maximum absolute atomic E-state index is 11.7. The zero-order chi connectivity index (χ0) is 11.6. The number of rotatable bonds is 3. The molecule has 0 aromatic carbocycles. The minimum Gasteiger partial charge on any atom is -0.330 e. The minimum absolute atomic E-state index is 0.121. The predicted molar refractivity (Wildman–Crippen MR) is 60.9 cm³/mol. The third-order valence-corrected chi connectivity index (χ3v) is 2.93. The minimum atomic E-state index is 0.121. The van der Waals surface area contributed by atoms with Crippen molar-refractivity contribution in [3.05, 3.63) is 0 Å². The fraction of sp³-hybridized carbons (Fsp3) is 0.909. The monoisotopic (exact) mass is 213 g/mol. The van der Waals surface area contributed by atoms with Crippen molar-refractivity contribution < 1.29 is 4.79 Å². The van der Waals surface area contributed by atoms with E-state index in [2.05, 4.69) is 33.1 Å². The molecule has 1 fully saturated rings. The van der Waals surface area contributed by atoms with Gasteiger partial charge >= 0.3 is 0 Å². The van der Waals surface area contributed by atoms with Crippen LogP contribution in [0.15, 0.2) is 0 Å². The third kappa shape index (κ3) is 3.18. The summed E-state index contributed by atoms with van der Waals surface area (Å²) in [6.07, 6.45) is 0.598. The number of amides is 1. The number of nitrogens with two attached hydrogens (primary N) is 1. The van der Waals surface area contributed by atoms with Crippen LogP contribution in [0.2, 0.25) is 0 Å². The van der Waals surface area contributed by atoms with Crippen LogP contribution in [0.25, 0.3) is 0 Å². The Morgan fingerprint density at radius 3 is 2.60 bits per heavy atom. The summed E-state index contributed by atoms with van der Waals surface area (Å²) in [5.74, 6) is 0.537. The second-order valence-corrected chi connectivity index (χ2v) is 5.60. The second-order valence-electron chi connectivity index (χ2n) is 5.60. The van der Waals surface area contributed by atoms with E-state index in [9.17, 15) is 4.79 Å². The lowest BCUT2D eigenvalue weighted by Gasteiger charge is -2.28. The summed E-state index contributed by atoms with van der Waals surface area (Å²) < 4.78 is 0. The van der Waals surface area contributed by atoms with Gasteiger partial charge in [-0.25, -0.2) is 5.43 Å². The van der Waals surface area contributed by atoms with Crippen molar-refractivity contribution in [2.75, 3.05) is 13.1 Å². The molecule has 4 heteroatoms. The lowest BCUT2D eigenvalue weighted by Crippen LogP contribution is -2.45. The van der Waals surface area contributed by atoms with Gasteiger partial charge in [0.1, 0.15) is 0 Å². The topological polar surface area (TPSA) is 58.4 Å². The molecule has 1 heterocycles. The Hall–Kier alpha value is -0.610. The van der Waals surface area contributed by atoms with Crippen LogP contribution in [0.3, 0.4) is 0 Å². The summed E-state index contributed by atoms with van der Waals surface area (Å²) in [6, 6.07) is 0.245. The SMILES string of the molecule is CC(CN)CN1NC(C(C)(C)C)CC1=O. The van der Waals surface area contributed by atoms with E-state index < -0.39 is 0 Å². The van der Waals surface area contributed by atoms with Gasteiger partial charge < -0.3 is 5.73 Å². The molecule has 1 aliphatic rings. The quantitative estimate of drug-likeness (QED) is 0.726. The number of hydrazine groups is 1. The van der Waals surface area contributed by atoms with Gasteiger partial charge in [0.25, 0.3) is 0 Å². The fourth-order valence-electron chi connectivity index (χ4n) is 1.63. The molecule has 88 valence electrons. The third-order valence-electron chi connectivity index (χ3n) is 2.93. The molecule has 1 saturated heterocycles. The first kappa shape index (κ1) is 12.5. The van der Waals surface area contributed by atoms with Crippen molar-refractivity contribution in [1.29, 1.82) is 0 Å². The van der Waals surface area contributed by atoms with E-state index in [1.807, 2.05) is 0 Å². The van der Waals surface area contributed by atoms with Gasteiger partial charge in [0.15, 0.2) is 0 Å². The molecule has 3 N–H and O–H groups in total. The molecular weight excluding hydrogens is 190 g/mol. The Morgan fingerprint density at radius 2 is 2.20 bits per heavy atom. The number of carbonyl (C=O) groups excluding carboxylic acids is 1. The molecule has 2 unspecified atom stereocenters. The Labute approximate surface area is 92.2 Å². The predicted octanol–water partition coefficient (Wildman–Crippen LogP) is 0.733. The number of carbonyl (C=O) groups is 1. The largest absolute Gasteiger partial charge is 0.330 e. The molecule has 0 aliphatic carbocycles. The Morgan fingerprint density at radius 1 is 1.60 bits per heavy atom. The molecule has 0 aromatic heterocycles. The van der Waals surface area contributed by atoms with Crippen molar-refractivity contribution in [1.82, 2.24) is 10.4 Å². The molecular formula is C11H23N3O. The zero-order valence-electron chi connectivity index (χ0n) is 10.2. The Bertz CT molecular complexity index is 234. The van der Waals surface area contributed by atoms with E-state index in [1.165, 1.54) is 0 Å². The highest BCUT2D eigenvalue weighted by molar-refractivity contribution is 5.78. The van der Waals surface area contributed by atoms with Gasteiger partial charge in [-0.05, 0) is 17.9 Å². The Kier molecular flexibility index (Phi) is 3.73. The zero-order valence-corrected chi connectivity index (χ0v) is 10.2. The van der Waals surface area contributed by atoms with Crippen molar-refractivity contribution in [2.24, 2.45) is 17.1 Å². The van der Waals surface area contributed by atoms with E-state index in [-0.39, 0.29) is 17.4 Å². The van der Waals surface area contributed by atoms with E-state index in [4.69, 9.17) is 5.73 Å². The van der Waals surface area contributed by atoms with Crippen LogP contribution in [0, 0.1) is 11.3 Å². The van der Waals surface area contributed by atoms with Crippen LogP contribution in [0.4, 0.5) is 0 Å². The molecule has 15 heavy (non-hydrogen) atoms. The van der Waals surface area contributed by atoms with Gasteiger partial charge in [0.05, 0.1) is 0 Å². The fourth-order valence-corrected chi connectivity index (χ4v) is 1.63. The summed E-state index contributed by atoms with van der Waals surface area (Å²) >= 11 is 0. The molecule has 0 radical (unpaired) electrons. The average molecular weight is 213 g/mol. The molecule has 0 aromatic rings. The summed E-state index contributed by atoms with van der Waals surface area (Å²) in [5.41, 5.74) is 8.95. The van der Waals surface area contributed by atoms with Crippen LogP contribution in [-0.2, 0) is 4.79 Å². The maximum Gasteiger partial charge on any atom is 0.238 e. The van der Waals surface area contributed by atoms with E-state index >= 15 is 0 Å². The highest BCUT2D eigenvalue weighted by atomic mass is 16.2. The first-order chi connectivity index (χ1) is 6.84. The molecule has 2 atom stereocenters. The van der Waals surface area contributed by atoms with Gasteiger partial charge in [0, 0.05) is 19.0 Å². The lowest BCUT2D eigenvalue weighted by molar-refractivity contribution is -0.130. The Balaban J connectivity index is 2.53. The van der Waals surface area contributed by atoms with Crippen LogP contribution in [0.5, 0.6) is 0 Å². The maximum atomic E-state index is 11.7. The highest BCUT2D eigenvalue weighted by Gasteiger charge is 2.36. The number of nitrogens with one attached hydrogen (secondary N) is 1. The highest BCUT2D eigenvalue weighted by Crippen LogP contribution is 2.26. The van der Waals surface area contributed by atoms with Crippen molar-refractivity contribution >= 4 is 5.91 Å². The van der Waals surface area contributed by atoms with Gasteiger partial charge in [-0.3, -0.25) is 9.80 Å². The summed E-state index contributed by atoms with van der Waals surface area (Å²) in [7, 11) is 0. The molecule has 1 aliphatic heterocycles. The average Bonchev–Trinajstić information content (AvgIpc) is 2.47. The van der Waals surface area contributed by atoms with E-state index in [0.717, 1.165) is 0 Å². The smallest absolute Gasteiger partial charge is 0.238 e. The number of hydrogen-bond donors (Lipinski definition) is 2. The van der Waals surface area contributed by atoms with Crippen LogP contribution < -0.4 is 11.2 Å². The van der Waals surface area contributed by atoms with Gasteiger partial charge in [0.2, 0.25) is 5.91 Å². The molecule has 0 saturated carbocycles. The lowest BCUT2D eigenvalue weighted by atomic mass is 9.86. The number of nitrogens with zero attached hydrogens (tertiary/aromatic N) is 1. The molecule has 4 nitrogen and oxygen atoms in total. The summed E-state index contributed by atoms with van der Waals surface area (Å²) in [6.45, 7) is 9.82. The standard InChI is InChI=1S/C11H23N3O/c1-8(6-12)7-14-10(15)5-9(13-14)11(2,3)4/h8-9,13H,5-7,12H2,1-4H3. The molecule has 1 rings (SSSR count). The second kappa shape index (κ2) is 4.49. The van der Waals surface area contributed by atoms with E-state index in [0.29, 0.717) is 25.4 Å². The summed E-state index contributed by atoms with van der Waals surface area (Å²) in [4.78, 5) is 11.7. The van der Waals surface area contributed by atoms with Crippen LogP contribution in [-0.4, -0.2) is 30.0 Å². The van der Waals surface area contributed by atoms with Crippen LogP contribution in [0.1, 0.15) is 34.1 Å². The first-order valence-corrected chi connectivity index (χ1v) is 5.61. The first-order valence-electron chi connectivity index (χ1n) is 5.61. The van der Waals surface area contributed by atoms with Gasteiger partial charge in [-0.1, -0.05) is 27.7 Å². The van der Waals surface area contributed by atoms with Crippen LogP contribution >= 0.6 is 0 Å². The normalized spacial score (nSPS) is 24.7. The molecule has 0 bridgehead atoms.